The summed E-state index contributed by atoms with van der Waals surface area (Å²) in [5, 5.41) is 3.98. The first-order chi connectivity index (χ1) is 8.06. The normalized spacial score (nSPS) is 10.3. The molecule has 0 radical (unpaired) electrons. The topological polar surface area (TPSA) is 44.1 Å². The van der Waals surface area contributed by atoms with Crippen molar-refractivity contribution in [2.75, 3.05) is 0 Å². The van der Waals surface area contributed by atoms with E-state index in [1.165, 1.54) is 0 Å². The number of hydrogen-bond donors (Lipinski definition) is 0. The van der Waals surface area contributed by atoms with Crippen LogP contribution in [0.5, 0.6) is 5.88 Å². The number of ether oxygens (including phenoxy) is 1. The second kappa shape index (κ2) is 4.71. The highest BCUT2D eigenvalue weighted by Gasteiger charge is 2.13. The maximum absolute atomic E-state index is 11.9. The van der Waals surface area contributed by atoms with Gasteiger partial charge in [-0.1, -0.05) is 6.07 Å². The van der Waals surface area contributed by atoms with E-state index < -0.39 is 5.97 Å². The fraction of sp³-hybridized carbons (Fsp3) is 0.167. The number of carbonyl (C=O) groups is 1. The van der Waals surface area contributed by atoms with Gasteiger partial charge < -0.3 is 4.74 Å². The summed E-state index contributed by atoms with van der Waals surface area (Å²) in [5.41, 5.74) is 1.56. The van der Waals surface area contributed by atoms with Crippen LogP contribution in [-0.2, 0) is 7.05 Å². The van der Waals surface area contributed by atoms with E-state index in [0.29, 0.717) is 11.4 Å². The smallest absolute Gasteiger partial charge is 0.346 e. The number of carbonyl (C=O) groups excluding carboxylic acids is 1. The lowest BCUT2D eigenvalue weighted by atomic mass is 10.1. The summed E-state index contributed by atoms with van der Waals surface area (Å²) in [6.07, 6.45) is 1.72. The van der Waals surface area contributed by atoms with Crippen molar-refractivity contribution in [3.63, 3.8) is 0 Å². The summed E-state index contributed by atoms with van der Waals surface area (Å²) in [6.45, 7) is 1.96. The summed E-state index contributed by atoms with van der Waals surface area (Å²) in [5.74, 6) is -0.124. The van der Waals surface area contributed by atoms with E-state index in [2.05, 4.69) is 21.0 Å². The Morgan fingerprint density at radius 3 is 2.76 bits per heavy atom. The highest BCUT2D eigenvalue weighted by Crippen LogP contribution is 2.20. The van der Waals surface area contributed by atoms with Gasteiger partial charge in [0, 0.05) is 23.8 Å². The molecule has 2 aromatic rings. The first kappa shape index (κ1) is 11.9. The Morgan fingerprint density at radius 1 is 1.41 bits per heavy atom. The molecule has 0 N–H and O–H groups in total. The predicted molar refractivity (Wildman–Crippen MR) is 67.0 cm³/mol. The van der Waals surface area contributed by atoms with E-state index in [9.17, 15) is 4.79 Å². The van der Waals surface area contributed by atoms with Crippen LogP contribution in [0.15, 0.2) is 34.9 Å². The van der Waals surface area contributed by atoms with Crippen LogP contribution in [0.1, 0.15) is 15.9 Å². The van der Waals surface area contributed by atoms with Crippen molar-refractivity contribution in [1.29, 1.82) is 0 Å². The molecule has 88 valence electrons. The molecule has 4 nitrogen and oxygen atoms in total. The van der Waals surface area contributed by atoms with Crippen molar-refractivity contribution in [2.45, 2.75) is 6.92 Å². The maximum atomic E-state index is 11.9. The van der Waals surface area contributed by atoms with Crippen LogP contribution in [0.4, 0.5) is 0 Å². The highest BCUT2D eigenvalue weighted by atomic mass is 79.9. The minimum atomic E-state index is -0.421. The molecule has 17 heavy (non-hydrogen) atoms. The zero-order chi connectivity index (χ0) is 12.4. The molecular formula is C12H11BrN2O2. The fourth-order valence-corrected chi connectivity index (χ4v) is 2.04. The quantitative estimate of drug-likeness (QED) is 0.800. The number of hydrogen-bond acceptors (Lipinski definition) is 3. The van der Waals surface area contributed by atoms with Gasteiger partial charge in [-0.15, -0.1) is 5.10 Å². The van der Waals surface area contributed by atoms with Gasteiger partial charge >= 0.3 is 5.97 Å². The lowest BCUT2D eigenvalue weighted by Gasteiger charge is -2.04. The lowest BCUT2D eigenvalue weighted by molar-refractivity contribution is 0.0725. The van der Waals surface area contributed by atoms with Gasteiger partial charge in [0.05, 0.1) is 5.56 Å². The number of nitrogens with zero attached hydrogens (tertiary/aromatic N) is 2. The average molecular weight is 295 g/mol. The summed E-state index contributed by atoms with van der Waals surface area (Å²) in [7, 11) is 1.76. The Hall–Kier alpha value is -1.62. The third-order valence-electron chi connectivity index (χ3n) is 2.23. The standard InChI is InChI=1S/C12H11BrN2O2/c1-8-3-4-9(10(13)7-8)12(16)17-11-5-6-15(2)14-11/h3-7H,1-2H3. The summed E-state index contributed by atoms with van der Waals surface area (Å²) in [4.78, 5) is 11.9. The Balaban J connectivity index is 2.20. The Morgan fingerprint density at radius 2 is 2.18 bits per heavy atom. The Labute approximate surface area is 107 Å². The monoisotopic (exact) mass is 294 g/mol. The molecule has 0 unspecified atom stereocenters. The molecule has 1 heterocycles. The molecule has 1 aromatic carbocycles. The molecule has 0 fully saturated rings. The molecule has 0 saturated carbocycles. The molecule has 0 amide bonds. The predicted octanol–water partition coefficient (Wildman–Crippen LogP) is 2.71. The molecule has 0 atom stereocenters. The van der Waals surface area contributed by atoms with Gasteiger partial charge in [0.25, 0.3) is 0 Å². The molecule has 5 heteroatoms. The maximum Gasteiger partial charge on any atom is 0.346 e. The average Bonchev–Trinajstić information content (AvgIpc) is 2.63. The first-order valence-electron chi connectivity index (χ1n) is 5.04. The van der Waals surface area contributed by atoms with Gasteiger partial charge in [-0.3, -0.25) is 4.68 Å². The number of halogens is 1. The largest absolute Gasteiger partial charge is 0.402 e. The van der Waals surface area contributed by atoms with Gasteiger partial charge in [-0.05, 0) is 40.5 Å². The SMILES string of the molecule is Cc1ccc(C(=O)Oc2ccn(C)n2)c(Br)c1. The van der Waals surface area contributed by atoms with Crippen LogP contribution >= 0.6 is 15.9 Å². The van der Waals surface area contributed by atoms with E-state index in [0.717, 1.165) is 10.0 Å². The molecule has 0 aliphatic heterocycles. The van der Waals surface area contributed by atoms with Gasteiger partial charge in [0.15, 0.2) is 0 Å². The van der Waals surface area contributed by atoms with Crippen molar-refractivity contribution >= 4 is 21.9 Å². The third kappa shape index (κ3) is 2.74. The number of aryl methyl sites for hydroxylation is 2. The van der Waals surface area contributed by atoms with Crippen LogP contribution in [0.2, 0.25) is 0 Å². The summed E-state index contributed by atoms with van der Waals surface area (Å²) >= 11 is 3.34. The summed E-state index contributed by atoms with van der Waals surface area (Å²) in [6, 6.07) is 7.10. The minimum Gasteiger partial charge on any atom is -0.402 e. The lowest BCUT2D eigenvalue weighted by Crippen LogP contribution is -2.10. The van der Waals surface area contributed by atoms with Gasteiger partial charge in [0.1, 0.15) is 0 Å². The molecule has 0 aliphatic rings. The molecule has 0 bridgehead atoms. The highest BCUT2D eigenvalue weighted by molar-refractivity contribution is 9.10. The van der Waals surface area contributed by atoms with E-state index >= 15 is 0 Å². The molecule has 1 aromatic heterocycles. The molecule has 0 saturated heterocycles. The summed E-state index contributed by atoms with van der Waals surface area (Å²) < 4.78 is 7.44. The van der Waals surface area contributed by atoms with Gasteiger partial charge in [-0.25, -0.2) is 4.79 Å². The minimum absolute atomic E-state index is 0.296. The van der Waals surface area contributed by atoms with Crippen molar-refractivity contribution in [3.8, 4) is 5.88 Å². The number of rotatable bonds is 2. The zero-order valence-corrected chi connectivity index (χ0v) is 11.1. The number of esters is 1. The molecule has 0 aliphatic carbocycles. The van der Waals surface area contributed by atoms with E-state index in [1.807, 2.05) is 19.1 Å². The third-order valence-corrected chi connectivity index (χ3v) is 2.89. The molecular weight excluding hydrogens is 284 g/mol. The second-order valence-corrected chi connectivity index (χ2v) is 4.55. The molecule has 0 spiro atoms. The van der Waals surface area contributed by atoms with Crippen LogP contribution in [0.25, 0.3) is 0 Å². The van der Waals surface area contributed by atoms with Crippen LogP contribution in [0, 0.1) is 6.92 Å². The van der Waals surface area contributed by atoms with Crippen molar-refractivity contribution < 1.29 is 9.53 Å². The van der Waals surface area contributed by atoms with E-state index in [-0.39, 0.29) is 0 Å². The van der Waals surface area contributed by atoms with Crippen LogP contribution in [-0.4, -0.2) is 15.7 Å². The van der Waals surface area contributed by atoms with Gasteiger partial charge in [-0.2, -0.15) is 0 Å². The fourth-order valence-electron chi connectivity index (χ4n) is 1.38. The second-order valence-electron chi connectivity index (χ2n) is 3.70. The molecule has 2 rings (SSSR count). The zero-order valence-electron chi connectivity index (χ0n) is 9.48. The number of aromatic nitrogens is 2. The van der Waals surface area contributed by atoms with Crippen molar-refractivity contribution in [3.05, 3.63) is 46.1 Å². The van der Waals surface area contributed by atoms with Gasteiger partial charge in [0.2, 0.25) is 5.88 Å². The first-order valence-corrected chi connectivity index (χ1v) is 5.83. The van der Waals surface area contributed by atoms with E-state index in [1.54, 1.807) is 30.1 Å². The Bertz CT molecular complexity index is 563. The van der Waals surface area contributed by atoms with Crippen LogP contribution < -0.4 is 4.74 Å². The van der Waals surface area contributed by atoms with Crippen molar-refractivity contribution in [1.82, 2.24) is 9.78 Å². The van der Waals surface area contributed by atoms with Crippen molar-refractivity contribution in [2.24, 2.45) is 7.05 Å². The van der Waals surface area contributed by atoms with E-state index in [4.69, 9.17) is 4.74 Å². The number of benzene rings is 1. The Kier molecular flexibility index (Phi) is 3.28. The van der Waals surface area contributed by atoms with Crippen LogP contribution in [0.3, 0.4) is 0 Å².